The SMILES string of the molecule is COc1cc([C@@H](CN(C)[C@H](C)c2ccccc2)c2ccc(OCc3ccccc3)cc2)c(C=O)cc1OCc1ccccc1. The summed E-state index contributed by atoms with van der Waals surface area (Å²) in [5.41, 5.74) is 5.92. The Kier molecular flexibility index (Phi) is 10.5. The summed E-state index contributed by atoms with van der Waals surface area (Å²) in [4.78, 5) is 14.9. The minimum atomic E-state index is -0.119. The summed E-state index contributed by atoms with van der Waals surface area (Å²) < 4.78 is 18.0. The Morgan fingerprint density at radius 1 is 0.682 bits per heavy atom. The maximum absolute atomic E-state index is 12.6. The predicted molar refractivity (Wildman–Crippen MR) is 176 cm³/mol. The molecule has 5 aromatic rings. The van der Waals surface area contributed by atoms with Crippen LogP contribution in [0.1, 0.15) is 57.1 Å². The quantitative estimate of drug-likeness (QED) is 0.122. The highest BCUT2D eigenvalue weighted by Crippen LogP contribution is 2.38. The third kappa shape index (κ3) is 7.74. The molecule has 0 fully saturated rings. The molecule has 0 aliphatic carbocycles. The normalized spacial score (nSPS) is 12.4. The number of carbonyl (C=O) groups is 1. The number of nitrogens with zero attached hydrogens (tertiary/aromatic N) is 1. The average Bonchev–Trinajstić information content (AvgIpc) is 3.09. The van der Waals surface area contributed by atoms with Gasteiger partial charge in [0.2, 0.25) is 0 Å². The van der Waals surface area contributed by atoms with Gasteiger partial charge in [-0.05, 0) is 66.1 Å². The molecule has 0 saturated heterocycles. The van der Waals surface area contributed by atoms with Crippen LogP contribution in [0.5, 0.6) is 17.2 Å². The second kappa shape index (κ2) is 15.0. The molecule has 0 bridgehead atoms. The summed E-state index contributed by atoms with van der Waals surface area (Å²) in [6.07, 6.45) is 0.912. The molecule has 0 heterocycles. The largest absolute Gasteiger partial charge is 0.493 e. The molecule has 0 aromatic heterocycles. The molecule has 0 aliphatic rings. The van der Waals surface area contributed by atoms with Crippen molar-refractivity contribution in [2.75, 3.05) is 20.7 Å². The smallest absolute Gasteiger partial charge is 0.162 e. The average molecular weight is 586 g/mol. The van der Waals surface area contributed by atoms with Crippen LogP contribution in [0.25, 0.3) is 0 Å². The lowest BCUT2D eigenvalue weighted by Crippen LogP contribution is -2.28. The number of likely N-dealkylation sites (N-methyl/N-ethyl adjacent to an activating group) is 1. The highest BCUT2D eigenvalue weighted by Gasteiger charge is 2.25. The van der Waals surface area contributed by atoms with Crippen molar-refractivity contribution in [2.24, 2.45) is 0 Å². The summed E-state index contributed by atoms with van der Waals surface area (Å²) in [6.45, 7) is 3.75. The van der Waals surface area contributed by atoms with Crippen molar-refractivity contribution < 1.29 is 19.0 Å². The number of carbonyl (C=O) groups excluding carboxylic acids is 1. The number of aldehydes is 1. The third-order valence-electron chi connectivity index (χ3n) is 8.05. The fraction of sp³-hybridized carbons (Fsp3) is 0.205. The van der Waals surface area contributed by atoms with Crippen LogP contribution in [-0.2, 0) is 13.2 Å². The van der Waals surface area contributed by atoms with Gasteiger partial charge in [-0.2, -0.15) is 0 Å². The van der Waals surface area contributed by atoms with Gasteiger partial charge in [-0.1, -0.05) is 103 Å². The Morgan fingerprint density at radius 2 is 1.25 bits per heavy atom. The Balaban J connectivity index is 1.46. The van der Waals surface area contributed by atoms with E-state index in [4.69, 9.17) is 14.2 Å². The van der Waals surface area contributed by atoms with Gasteiger partial charge in [0.1, 0.15) is 25.2 Å². The van der Waals surface area contributed by atoms with E-state index in [9.17, 15) is 4.79 Å². The van der Waals surface area contributed by atoms with Crippen molar-refractivity contribution in [3.8, 4) is 17.2 Å². The van der Waals surface area contributed by atoms with Crippen LogP contribution >= 0.6 is 0 Å². The van der Waals surface area contributed by atoms with Crippen molar-refractivity contribution in [2.45, 2.75) is 32.1 Å². The maximum Gasteiger partial charge on any atom is 0.162 e. The lowest BCUT2D eigenvalue weighted by Gasteiger charge is -2.31. The van der Waals surface area contributed by atoms with Crippen LogP contribution < -0.4 is 14.2 Å². The van der Waals surface area contributed by atoms with Crippen LogP contribution in [0, 0.1) is 0 Å². The highest BCUT2D eigenvalue weighted by molar-refractivity contribution is 5.80. The molecule has 5 heteroatoms. The molecule has 0 aliphatic heterocycles. The van der Waals surface area contributed by atoms with Gasteiger partial charge in [-0.3, -0.25) is 9.69 Å². The highest BCUT2D eigenvalue weighted by atomic mass is 16.5. The summed E-state index contributed by atoms with van der Waals surface area (Å²) in [6, 6.07) is 42.6. The molecule has 5 rings (SSSR count). The molecule has 0 saturated carbocycles. The molecule has 224 valence electrons. The van der Waals surface area contributed by atoms with Gasteiger partial charge in [0, 0.05) is 24.1 Å². The fourth-order valence-corrected chi connectivity index (χ4v) is 5.36. The van der Waals surface area contributed by atoms with Gasteiger partial charge >= 0.3 is 0 Å². The molecule has 5 aromatic carbocycles. The summed E-state index contributed by atoms with van der Waals surface area (Å²) in [5, 5.41) is 0. The van der Waals surface area contributed by atoms with Gasteiger partial charge in [-0.25, -0.2) is 0 Å². The van der Waals surface area contributed by atoms with Gasteiger partial charge in [0.05, 0.1) is 7.11 Å². The lowest BCUT2D eigenvalue weighted by molar-refractivity contribution is 0.112. The van der Waals surface area contributed by atoms with Crippen LogP contribution in [0.2, 0.25) is 0 Å². The molecule has 0 unspecified atom stereocenters. The van der Waals surface area contributed by atoms with Crippen LogP contribution in [0.4, 0.5) is 0 Å². The van der Waals surface area contributed by atoms with Crippen molar-refractivity contribution in [1.29, 1.82) is 0 Å². The fourth-order valence-electron chi connectivity index (χ4n) is 5.36. The molecule has 0 N–H and O–H groups in total. The summed E-state index contributed by atoms with van der Waals surface area (Å²) in [7, 11) is 3.75. The van der Waals surface area contributed by atoms with Crippen LogP contribution in [0.3, 0.4) is 0 Å². The first-order chi connectivity index (χ1) is 21.6. The van der Waals surface area contributed by atoms with Crippen molar-refractivity contribution >= 4 is 6.29 Å². The summed E-state index contributed by atoms with van der Waals surface area (Å²) >= 11 is 0. The Hall–Kier alpha value is -4.87. The van der Waals surface area contributed by atoms with Crippen LogP contribution in [-0.4, -0.2) is 31.9 Å². The number of benzene rings is 5. The lowest BCUT2D eigenvalue weighted by atomic mass is 9.87. The Bertz CT molecular complexity index is 1610. The first-order valence-electron chi connectivity index (χ1n) is 14.9. The monoisotopic (exact) mass is 585 g/mol. The van der Waals surface area contributed by atoms with Gasteiger partial charge < -0.3 is 14.2 Å². The molecule has 5 nitrogen and oxygen atoms in total. The minimum absolute atomic E-state index is 0.119. The number of rotatable bonds is 14. The van der Waals surface area contributed by atoms with E-state index in [2.05, 4.69) is 67.4 Å². The van der Waals surface area contributed by atoms with Crippen molar-refractivity contribution in [1.82, 2.24) is 4.90 Å². The Morgan fingerprint density at radius 3 is 1.82 bits per heavy atom. The van der Waals surface area contributed by atoms with Gasteiger partial charge in [0.15, 0.2) is 11.5 Å². The van der Waals surface area contributed by atoms with E-state index in [1.165, 1.54) is 5.56 Å². The van der Waals surface area contributed by atoms with E-state index in [1.807, 2.05) is 72.8 Å². The van der Waals surface area contributed by atoms with E-state index in [0.29, 0.717) is 36.8 Å². The predicted octanol–water partition coefficient (Wildman–Crippen LogP) is 8.49. The minimum Gasteiger partial charge on any atom is -0.493 e. The standard InChI is InChI=1S/C39H39NO4/c1-29(32-17-11-6-12-18-32)40(2)25-37(33-19-21-35(22-20-33)43-27-30-13-7-4-8-14-30)36-24-38(42-3)39(23-34(36)26-41)44-28-31-15-9-5-10-16-31/h4-24,26,29,37H,25,27-28H2,1-3H3/t29-,37+/m1/s1. The molecular weight excluding hydrogens is 546 g/mol. The van der Waals surface area contributed by atoms with E-state index in [1.54, 1.807) is 13.2 Å². The molecule has 2 atom stereocenters. The third-order valence-corrected chi connectivity index (χ3v) is 8.05. The molecule has 44 heavy (non-hydrogen) atoms. The maximum atomic E-state index is 12.6. The first kappa shape index (κ1) is 30.6. The van der Waals surface area contributed by atoms with E-state index >= 15 is 0 Å². The molecule has 0 spiro atoms. The zero-order valence-electron chi connectivity index (χ0n) is 25.6. The second-order valence-corrected chi connectivity index (χ2v) is 10.9. The number of hydrogen-bond donors (Lipinski definition) is 0. The molecule has 0 amide bonds. The first-order valence-corrected chi connectivity index (χ1v) is 14.9. The second-order valence-electron chi connectivity index (χ2n) is 10.9. The molecular formula is C39H39NO4. The number of hydrogen-bond acceptors (Lipinski definition) is 5. The van der Waals surface area contributed by atoms with E-state index in [0.717, 1.165) is 34.3 Å². The number of methoxy groups -OCH3 is 1. The van der Waals surface area contributed by atoms with Crippen LogP contribution in [0.15, 0.2) is 127 Å². The van der Waals surface area contributed by atoms with Gasteiger partial charge in [0.25, 0.3) is 0 Å². The summed E-state index contributed by atoms with van der Waals surface area (Å²) in [5.74, 6) is 1.80. The van der Waals surface area contributed by atoms with Gasteiger partial charge in [-0.15, -0.1) is 0 Å². The van der Waals surface area contributed by atoms with Crippen molar-refractivity contribution in [3.05, 3.63) is 161 Å². The van der Waals surface area contributed by atoms with E-state index in [-0.39, 0.29) is 12.0 Å². The zero-order valence-corrected chi connectivity index (χ0v) is 25.6. The number of ether oxygens (including phenoxy) is 3. The molecule has 0 radical (unpaired) electrons. The van der Waals surface area contributed by atoms with E-state index < -0.39 is 0 Å². The zero-order chi connectivity index (χ0) is 30.7. The Labute approximate surface area is 260 Å². The topological polar surface area (TPSA) is 48.0 Å². The van der Waals surface area contributed by atoms with Crippen molar-refractivity contribution in [3.63, 3.8) is 0 Å².